The Bertz CT molecular complexity index is 920. The summed E-state index contributed by atoms with van der Waals surface area (Å²) < 4.78 is 36.5. The first-order valence-corrected chi connectivity index (χ1v) is 11.0. The molecule has 9 heteroatoms. The van der Waals surface area contributed by atoms with E-state index in [2.05, 4.69) is 5.10 Å². The number of benzene rings is 1. The molecule has 0 aliphatic carbocycles. The Balaban J connectivity index is 1.83. The van der Waals surface area contributed by atoms with Gasteiger partial charge in [-0.15, -0.1) is 5.10 Å². The number of aromatic nitrogens is 2. The lowest BCUT2D eigenvalue weighted by Crippen LogP contribution is -3.15. The number of quaternary nitrogens is 1. The van der Waals surface area contributed by atoms with Gasteiger partial charge in [0, 0.05) is 6.42 Å². The smallest absolute Gasteiger partial charge is 0.292 e. The summed E-state index contributed by atoms with van der Waals surface area (Å²) in [6.07, 6.45) is 0.677. The van der Waals surface area contributed by atoms with E-state index in [-0.39, 0.29) is 22.4 Å². The van der Waals surface area contributed by atoms with Gasteiger partial charge in [-0.2, -0.15) is 4.68 Å². The molecule has 2 atom stereocenters. The molecule has 1 unspecified atom stereocenters. The van der Waals surface area contributed by atoms with Crippen LogP contribution in [0.2, 0.25) is 0 Å². The number of para-hydroxylation sites is 1. The van der Waals surface area contributed by atoms with Gasteiger partial charge in [0.15, 0.2) is 16.5 Å². The minimum atomic E-state index is -2.92. The van der Waals surface area contributed by atoms with E-state index in [4.69, 9.17) is 21.4 Å². The highest BCUT2D eigenvalue weighted by atomic mass is 32.2. The van der Waals surface area contributed by atoms with Crippen molar-refractivity contribution in [1.29, 1.82) is 0 Å². The van der Waals surface area contributed by atoms with Crippen molar-refractivity contribution >= 4 is 22.1 Å². The van der Waals surface area contributed by atoms with Crippen LogP contribution in [0.25, 0.3) is 11.5 Å². The first-order valence-electron chi connectivity index (χ1n) is 8.78. The van der Waals surface area contributed by atoms with E-state index in [1.807, 2.05) is 38.1 Å². The number of hydrogen-bond acceptors (Lipinski definition) is 6. The van der Waals surface area contributed by atoms with Crippen molar-refractivity contribution in [1.82, 2.24) is 9.78 Å². The lowest BCUT2D eigenvalue weighted by molar-refractivity contribution is -0.943. The maximum Gasteiger partial charge on any atom is 0.292 e. The fourth-order valence-electron chi connectivity index (χ4n) is 3.28. The molecule has 1 saturated heterocycles. The molecule has 2 aromatic rings. The second kappa shape index (κ2) is 7.89. The van der Waals surface area contributed by atoms with Crippen LogP contribution in [-0.2, 0) is 16.5 Å². The van der Waals surface area contributed by atoms with Gasteiger partial charge in [0.25, 0.3) is 10.7 Å². The molecule has 1 aromatic heterocycles. The zero-order chi connectivity index (χ0) is 18.7. The molecular formula is C17H24N3O4S2+. The van der Waals surface area contributed by atoms with Crippen molar-refractivity contribution in [2.75, 3.05) is 24.7 Å². The van der Waals surface area contributed by atoms with Gasteiger partial charge in [-0.25, -0.2) is 8.42 Å². The summed E-state index contributed by atoms with van der Waals surface area (Å²) in [6, 6.07) is 7.60. The Morgan fingerprint density at radius 2 is 2.15 bits per heavy atom. The molecular weight excluding hydrogens is 374 g/mol. The molecule has 1 fully saturated rings. The minimum absolute atomic E-state index is 0.0720. The van der Waals surface area contributed by atoms with Gasteiger partial charge >= 0.3 is 0 Å². The van der Waals surface area contributed by atoms with E-state index >= 15 is 0 Å². The van der Waals surface area contributed by atoms with E-state index in [0.717, 1.165) is 17.0 Å². The fourth-order valence-corrected chi connectivity index (χ4v) is 5.29. The molecule has 0 spiro atoms. The van der Waals surface area contributed by atoms with Crippen molar-refractivity contribution in [2.24, 2.45) is 0 Å². The Morgan fingerprint density at radius 3 is 2.81 bits per heavy atom. The Labute approximate surface area is 158 Å². The van der Waals surface area contributed by atoms with Crippen LogP contribution in [-0.4, -0.2) is 48.9 Å². The van der Waals surface area contributed by atoms with Crippen LogP contribution in [0.5, 0.6) is 5.75 Å². The number of hydrogen-bond donors (Lipinski definition) is 1. The number of nitrogens with one attached hydrogen (secondary N) is 1. The molecule has 26 heavy (non-hydrogen) atoms. The van der Waals surface area contributed by atoms with Crippen LogP contribution in [0, 0.1) is 4.84 Å². The Kier molecular flexibility index (Phi) is 5.79. The zero-order valence-electron chi connectivity index (χ0n) is 15.0. The normalized spacial score (nSPS) is 20.2. The maximum atomic E-state index is 11.8. The van der Waals surface area contributed by atoms with Crippen molar-refractivity contribution in [3.05, 3.63) is 29.1 Å². The van der Waals surface area contributed by atoms with E-state index in [1.165, 1.54) is 0 Å². The predicted molar refractivity (Wildman–Crippen MR) is 100 cm³/mol. The third-order valence-corrected chi connectivity index (χ3v) is 6.70. The molecule has 142 valence electrons. The van der Waals surface area contributed by atoms with E-state index in [9.17, 15) is 8.42 Å². The molecule has 0 amide bonds. The van der Waals surface area contributed by atoms with Crippen LogP contribution in [0.15, 0.2) is 28.7 Å². The monoisotopic (exact) mass is 398 g/mol. The highest BCUT2D eigenvalue weighted by molar-refractivity contribution is 7.91. The molecule has 0 bridgehead atoms. The van der Waals surface area contributed by atoms with Crippen LogP contribution in [0.3, 0.4) is 0 Å². The molecule has 3 rings (SSSR count). The summed E-state index contributed by atoms with van der Waals surface area (Å²) in [4.78, 5) is 1.42. The average Bonchev–Trinajstić information content (AvgIpc) is 3.15. The second-order valence-electron chi connectivity index (χ2n) is 6.37. The number of nitrogens with zero attached hydrogens (tertiary/aromatic N) is 2. The number of rotatable bonds is 7. The molecule has 1 N–H and O–H groups in total. The highest BCUT2D eigenvalue weighted by Gasteiger charge is 2.35. The molecule has 7 nitrogen and oxygen atoms in total. The van der Waals surface area contributed by atoms with Gasteiger partial charge in [0.2, 0.25) is 0 Å². The van der Waals surface area contributed by atoms with Crippen LogP contribution < -0.4 is 9.64 Å². The Morgan fingerprint density at radius 1 is 1.38 bits per heavy atom. The summed E-state index contributed by atoms with van der Waals surface area (Å²) >= 11 is 5.33. The second-order valence-corrected chi connectivity index (χ2v) is 8.95. The number of ether oxygens (including phenoxy) is 1. The third kappa shape index (κ3) is 4.16. The van der Waals surface area contributed by atoms with Crippen LogP contribution in [0.4, 0.5) is 0 Å². The van der Waals surface area contributed by atoms with Crippen molar-refractivity contribution in [3.63, 3.8) is 0 Å². The third-order valence-electron chi connectivity index (χ3n) is 4.64. The summed E-state index contributed by atoms with van der Waals surface area (Å²) in [6.45, 7) is 5.77. The summed E-state index contributed by atoms with van der Waals surface area (Å²) in [5.41, 5.74) is 0.751. The van der Waals surface area contributed by atoms with Crippen LogP contribution in [0.1, 0.15) is 20.3 Å². The standard InChI is InChI=1S/C17H23N3O4S2/c1-3-19(13-9-10-26(21,22)11-13)12-20-17(25)24-16(18-20)14-7-5-6-8-15(14)23-4-2/h5-8,13H,3-4,9-12H2,1-2H3/p+1/t13-/m0/s1. The molecule has 1 aromatic carbocycles. The van der Waals surface area contributed by atoms with Gasteiger partial charge in [-0.05, 0) is 38.2 Å². The zero-order valence-corrected chi connectivity index (χ0v) is 16.6. The lowest BCUT2D eigenvalue weighted by Gasteiger charge is -2.22. The Hall–Kier alpha value is -1.71. The highest BCUT2D eigenvalue weighted by Crippen LogP contribution is 2.28. The minimum Gasteiger partial charge on any atom is -0.493 e. The van der Waals surface area contributed by atoms with E-state index in [0.29, 0.717) is 31.3 Å². The van der Waals surface area contributed by atoms with Gasteiger partial charge < -0.3 is 14.1 Å². The fraction of sp³-hybridized carbons (Fsp3) is 0.529. The van der Waals surface area contributed by atoms with Crippen molar-refractivity contribution in [2.45, 2.75) is 33.0 Å². The first kappa shape index (κ1) is 19.1. The van der Waals surface area contributed by atoms with Crippen molar-refractivity contribution < 1.29 is 22.5 Å². The number of sulfone groups is 1. The summed E-state index contributed by atoms with van der Waals surface area (Å²) in [5.74, 6) is 1.59. The maximum absolute atomic E-state index is 11.8. The molecule has 1 aliphatic heterocycles. The van der Waals surface area contributed by atoms with Crippen LogP contribution >= 0.6 is 12.2 Å². The molecule has 2 heterocycles. The molecule has 0 radical (unpaired) electrons. The SMILES string of the molecule is CCOc1ccccc1-c1nn(C[NH+](CC)[C@H]2CCS(=O)(=O)C2)c(=S)o1. The summed E-state index contributed by atoms with van der Waals surface area (Å²) in [7, 11) is -2.92. The average molecular weight is 399 g/mol. The predicted octanol–water partition coefficient (Wildman–Crippen LogP) is 1.32. The van der Waals surface area contributed by atoms with Gasteiger partial charge in [-0.1, -0.05) is 12.1 Å². The van der Waals surface area contributed by atoms with E-state index < -0.39 is 9.84 Å². The first-order chi connectivity index (χ1) is 12.4. The largest absolute Gasteiger partial charge is 0.493 e. The van der Waals surface area contributed by atoms with Gasteiger partial charge in [0.05, 0.1) is 24.5 Å². The quantitative estimate of drug-likeness (QED) is 0.709. The summed E-state index contributed by atoms with van der Waals surface area (Å²) in [5, 5.41) is 4.51. The molecule has 0 saturated carbocycles. The molecule has 1 aliphatic rings. The lowest BCUT2D eigenvalue weighted by atomic mass is 10.2. The van der Waals surface area contributed by atoms with Crippen molar-refractivity contribution in [3.8, 4) is 17.2 Å². The topological polar surface area (TPSA) is 78.8 Å². The van der Waals surface area contributed by atoms with Gasteiger partial charge in [0.1, 0.15) is 17.5 Å². The van der Waals surface area contributed by atoms with Gasteiger partial charge in [-0.3, -0.25) is 0 Å². The van der Waals surface area contributed by atoms with E-state index in [1.54, 1.807) is 4.68 Å².